The number of nitrogens with zero attached hydrogens (tertiary/aromatic N) is 2. The number of hydrogen-bond acceptors (Lipinski definition) is 2. The van der Waals surface area contributed by atoms with Gasteiger partial charge in [0.1, 0.15) is 0 Å². The summed E-state index contributed by atoms with van der Waals surface area (Å²) in [5.41, 5.74) is 1.50. The van der Waals surface area contributed by atoms with Crippen molar-refractivity contribution in [2.24, 2.45) is 5.41 Å². The molecule has 19 heavy (non-hydrogen) atoms. The number of aromatic nitrogens is 2. The Morgan fingerprint density at radius 1 is 1.21 bits per heavy atom. The molecule has 3 heteroatoms. The van der Waals surface area contributed by atoms with Gasteiger partial charge >= 0.3 is 0 Å². The van der Waals surface area contributed by atoms with Crippen LogP contribution in [0.15, 0.2) is 6.20 Å². The van der Waals surface area contributed by atoms with Crippen LogP contribution in [0.2, 0.25) is 0 Å². The fourth-order valence-corrected chi connectivity index (χ4v) is 2.67. The van der Waals surface area contributed by atoms with E-state index in [1.54, 1.807) is 0 Å². The predicted octanol–water partition coefficient (Wildman–Crippen LogP) is 4.20. The third-order valence-corrected chi connectivity index (χ3v) is 3.84. The van der Waals surface area contributed by atoms with Crippen molar-refractivity contribution in [1.82, 2.24) is 9.78 Å². The summed E-state index contributed by atoms with van der Waals surface area (Å²) >= 11 is 0. The first-order chi connectivity index (χ1) is 9.12. The third kappa shape index (κ3) is 3.99. The van der Waals surface area contributed by atoms with Crippen LogP contribution in [-0.2, 0) is 13.0 Å². The SMILES string of the molecule is CCCCCCCCc1cnn2c1OCC(C)(C)C2. The van der Waals surface area contributed by atoms with E-state index < -0.39 is 0 Å². The van der Waals surface area contributed by atoms with E-state index in [1.807, 2.05) is 10.9 Å². The molecular formula is C16H28N2O. The van der Waals surface area contributed by atoms with Gasteiger partial charge in [-0.3, -0.25) is 0 Å². The number of unbranched alkanes of at least 4 members (excludes halogenated alkanes) is 5. The smallest absolute Gasteiger partial charge is 0.215 e. The average Bonchev–Trinajstić information content (AvgIpc) is 2.74. The van der Waals surface area contributed by atoms with E-state index in [2.05, 4.69) is 25.9 Å². The van der Waals surface area contributed by atoms with E-state index in [-0.39, 0.29) is 5.41 Å². The first-order valence-electron chi connectivity index (χ1n) is 7.80. The second-order valence-corrected chi connectivity index (χ2v) is 6.60. The van der Waals surface area contributed by atoms with Crippen LogP contribution in [0.3, 0.4) is 0 Å². The zero-order chi connectivity index (χ0) is 13.7. The van der Waals surface area contributed by atoms with Gasteiger partial charge in [0.25, 0.3) is 0 Å². The highest BCUT2D eigenvalue weighted by Crippen LogP contribution is 2.31. The Labute approximate surface area is 117 Å². The summed E-state index contributed by atoms with van der Waals surface area (Å²) in [6.07, 6.45) is 11.1. The van der Waals surface area contributed by atoms with E-state index in [0.717, 1.165) is 25.5 Å². The molecule has 1 aliphatic rings. The fraction of sp³-hybridized carbons (Fsp3) is 0.812. The fourth-order valence-electron chi connectivity index (χ4n) is 2.67. The topological polar surface area (TPSA) is 27.1 Å². The number of hydrogen-bond donors (Lipinski definition) is 0. The molecule has 0 atom stereocenters. The maximum absolute atomic E-state index is 5.91. The van der Waals surface area contributed by atoms with Gasteiger partial charge in [0.15, 0.2) is 0 Å². The normalized spacial score (nSPS) is 17.0. The Bertz CT molecular complexity index is 395. The maximum atomic E-state index is 5.91. The van der Waals surface area contributed by atoms with E-state index >= 15 is 0 Å². The van der Waals surface area contributed by atoms with Gasteiger partial charge < -0.3 is 4.74 Å². The van der Waals surface area contributed by atoms with Crippen LogP contribution in [0.1, 0.15) is 64.9 Å². The Morgan fingerprint density at radius 2 is 1.95 bits per heavy atom. The summed E-state index contributed by atoms with van der Waals surface area (Å²) in [6, 6.07) is 0. The summed E-state index contributed by atoms with van der Waals surface area (Å²) < 4.78 is 7.94. The quantitative estimate of drug-likeness (QED) is 0.690. The third-order valence-electron chi connectivity index (χ3n) is 3.84. The van der Waals surface area contributed by atoms with Crippen LogP contribution < -0.4 is 4.74 Å². The average molecular weight is 264 g/mol. The van der Waals surface area contributed by atoms with Crippen molar-refractivity contribution >= 4 is 0 Å². The van der Waals surface area contributed by atoms with Crippen molar-refractivity contribution in [2.45, 2.75) is 72.3 Å². The summed E-state index contributed by atoms with van der Waals surface area (Å²) in [7, 11) is 0. The van der Waals surface area contributed by atoms with Crippen LogP contribution in [0.4, 0.5) is 0 Å². The number of fused-ring (bicyclic) bond motifs is 1. The van der Waals surface area contributed by atoms with Crippen molar-refractivity contribution in [2.75, 3.05) is 6.61 Å². The van der Waals surface area contributed by atoms with Crippen molar-refractivity contribution in [3.8, 4) is 5.88 Å². The number of rotatable bonds is 7. The molecule has 0 N–H and O–H groups in total. The Kier molecular flexibility index (Phi) is 4.89. The Morgan fingerprint density at radius 3 is 2.74 bits per heavy atom. The summed E-state index contributed by atoms with van der Waals surface area (Å²) in [4.78, 5) is 0. The number of aryl methyl sites for hydroxylation is 1. The monoisotopic (exact) mass is 264 g/mol. The molecule has 3 nitrogen and oxygen atoms in total. The predicted molar refractivity (Wildman–Crippen MR) is 78.6 cm³/mol. The van der Waals surface area contributed by atoms with Crippen molar-refractivity contribution in [3.63, 3.8) is 0 Å². The molecule has 2 rings (SSSR count). The molecule has 0 radical (unpaired) electrons. The molecule has 2 heterocycles. The van der Waals surface area contributed by atoms with Crippen LogP contribution in [0, 0.1) is 5.41 Å². The molecule has 0 saturated heterocycles. The zero-order valence-corrected chi connectivity index (χ0v) is 12.7. The first kappa shape index (κ1) is 14.4. The molecular weight excluding hydrogens is 236 g/mol. The Hall–Kier alpha value is -0.990. The van der Waals surface area contributed by atoms with Gasteiger partial charge in [-0.25, -0.2) is 4.68 Å². The minimum absolute atomic E-state index is 0.205. The highest BCUT2D eigenvalue weighted by atomic mass is 16.5. The van der Waals surface area contributed by atoms with Crippen LogP contribution in [-0.4, -0.2) is 16.4 Å². The van der Waals surface area contributed by atoms with E-state index in [0.29, 0.717) is 0 Å². The van der Waals surface area contributed by atoms with Crippen LogP contribution in [0.5, 0.6) is 5.88 Å². The second-order valence-electron chi connectivity index (χ2n) is 6.60. The lowest BCUT2D eigenvalue weighted by atomic mass is 9.94. The molecule has 0 spiro atoms. The standard InChI is InChI=1S/C16H28N2O/c1-4-5-6-7-8-9-10-14-11-17-18-12-16(2,3)13-19-15(14)18/h11H,4-10,12-13H2,1-3H3. The van der Waals surface area contributed by atoms with Gasteiger partial charge in [0.05, 0.1) is 19.3 Å². The summed E-state index contributed by atoms with van der Waals surface area (Å²) in [5, 5.41) is 4.47. The van der Waals surface area contributed by atoms with Crippen molar-refractivity contribution in [3.05, 3.63) is 11.8 Å². The lowest BCUT2D eigenvalue weighted by Crippen LogP contribution is -2.33. The lowest BCUT2D eigenvalue weighted by Gasteiger charge is -2.30. The van der Waals surface area contributed by atoms with Gasteiger partial charge in [0.2, 0.25) is 5.88 Å². The molecule has 0 amide bonds. The second kappa shape index (κ2) is 6.44. The van der Waals surface area contributed by atoms with Gasteiger partial charge in [-0.2, -0.15) is 5.10 Å². The molecule has 0 bridgehead atoms. The molecule has 108 valence electrons. The molecule has 0 aromatic carbocycles. The highest BCUT2D eigenvalue weighted by Gasteiger charge is 2.28. The van der Waals surface area contributed by atoms with Gasteiger partial charge in [-0.1, -0.05) is 52.9 Å². The molecule has 1 aromatic rings. The molecule has 0 saturated carbocycles. The van der Waals surface area contributed by atoms with E-state index in [9.17, 15) is 0 Å². The van der Waals surface area contributed by atoms with Crippen molar-refractivity contribution < 1.29 is 4.74 Å². The van der Waals surface area contributed by atoms with E-state index in [1.165, 1.54) is 44.1 Å². The molecule has 0 aliphatic carbocycles. The molecule has 1 aromatic heterocycles. The molecule has 1 aliphatic heterocycles. The largest absolute Gasteiger partial charge is 0.477 e. The highest BCUT2D eigenvalue weighted by molar-refractivity contribution is 5.25. The molecule has 0 fully saturated rings. The summed E-state index contributed by atoms with van der Waals surface area (Å²) in [6.45, 7) is 8.50. The van der Waals surface area contributed by atoms with E-state index in [4.69, 9.17) is 4.74 Å². The van der Waals surface area contributed by atoms with Crippen LogP contribution >= 0.6 is 0 Å². The van der Waals surface area contributed by atoms with Gasteiger partial charge in [-0.15, -0.1) is 0 Å². The zero-order valence-electron chi connectivity index (χ0n) is 12.7. The minimum Gasteiger partial charge on any atom is -0.477 e. The van der Waals surface area contributed by atoms with Gasteiger partial charge in [0, 0.05) is 11.0 Å². The maximum Gasteiger partial charge on any atom is 0.215 e. The van der Waals surface area contributed by atoms with Crippen molar-refractivity contribution in [1.29, 1.82) is 0 Å². The summed E-state index contributed by atoms with van der Waals surface area (Å²) in [5.74, 6) is 1.02. The van der Waals surface area contributed by atoms with Crippen LogP contribution in [0.25, 0.3) is 0 Å². The minimum atomic E-state index is 0.205. The number of ether oxygens (including phenoxy) is 1. The lowest BCUT2D eigenvalue weighted by molar-refractivity contribution is 0.0992. The first-order valence-corrected chi connectivity index (χ1v) is 7.80. The van der Waals surface area contributed by atoms with Gasteiger partial charge in [-0.05, 0) is 12.8 Å². The Balaban J connectivity index is 1.78. The molecule has 0 unspecified atom stereocenters.